The summed E-state index contributed by atoms with van der Waals surface area (Å²) < 4.78 is 65.6. The lowest BCUT2D eigenvalue weighted by atomic mass is 10.0. The van der Waals surface area contributed by atoms with Gasteiger partial charge < -0.3 is 5.73 Å². The van der Waals surface area contributed by atoms with Gasteiger partial charge in [-0.2, -0.15) is 13.2 Å². The number of aromatic nitrogens is 4. The molecule has 26 heavy (non-hydrogen) atoms. The molecule has 3 aromatic rings. The van der Waals surface area contributed by atoms with Crippen LogP contribution in [0.3, 0.4) is 0 Å². The molecule has 0 unspecified atom stereocenters. The first-order valence-electron chi connectivity index (χ1n) is 6.86. The van der Waals surface area contributed by atoms with E-state index < -0.39 is 28.7 Å². The molecule has 0 aliphatic rings. The maximum Gasteiger partial charge on any atom is 0.433 e. The van der Waals surface area contributed by atoms with Crippen molar-refractivity contribution >= 4 is 17.5 Å². The van der Waals surface area contributed by atoms with Gasteiger partial charge in [0, 0.05) is 11.1 Å². The lowest BCUT2D eigenvalue weighted by Crippen LogP contribution is -2.09. The highest BCUT2D eigenvalue weighted by atomic mass is 35.5. The lowest BCUT2D eigenvalue weighted by molar-refractivity contribution is -0.141. The molecule has 1 aromatic carbocycles. The minimum Gasteiger partial charge on any atom is -0.366 e. The highest BCUT2D eigenvalue weighted by Crippen LogP contribution is 2.35. The third-order valence-electron chi connectivity index (χ3n) is 3.25. The molecule has 0 saturated carbocycles. The van der Waals surface area contributed by atoms with Gasteiger partial charge in [-0.15, -0.1) is 10.2 Å². The minimum absolute atomic E-state index is 0.0435. The molecule has 0 radical (unpaired) electrons. The number of hydrogen-bond acceptors (Lipinski definition) is 5. The van der Waals surface area contributed by atoms with Crippen molar-refractivity contribution in [2.75, 3.05) is 5.73 Å². The minimum atomic E-state index is -4.75. The predicted molar refractivity (Wildman–Crippen MR) is 82.8 cm³/mol. The van der Waals surface area contributed by atoms with Crippen molar-refractivity contribution in [2.24, 2.45) is 0 Å². The van der Waals surface area contributed by atoms with Crippen LogP contribution in [0, 0.1) is 11.6 Å². The van der Waals surface area contributed by atoms with Crippen molar-refractivity contribution in [3.05, 3.63) is 52.8 Å². The first-order valence-corrected chi connectivity index (χ1v) is 7.23. The maximum atomic E-state index is 13.5. The molecule has 2 N–H and O–H groups in total. The van der Waals surface area contributed by atoms with E-state index in [0.717, 1.165) is 18.2 Å². The Morgan fingerprint density at radius 3 is 2.23 bits per heavy atom. The fourth-order valence-electron chi connectivity index (χ4n) is 2.16. The van der Waals surface area contributed by atoms with E-state index in [1.807, 2.05) is 0 Å². The zero-order chi connectivity index (χ0) is 19.1. The van der Waals surface area contributed by atoms with Crippen LogP contribution in [0.5, 0.6) is 0 Å². The quantitative estimate of drug-likeness (QED) is 0.528. The number of nitrogens with zero attached hydrogens (tertiary/aromatic N) is 4. The Kier molecular flexibility index (Phi) is 4.45. The molecular weight excluding hydrogens is 381 g/mol. The van der Waals surface area contributed by atoms with E-state index in [0.29, 0.717) is 6.07 Å². The van der Waals surface area contributed by atoms with Gasteiger partial charge in [0.05, 0.1) is 0 Å². The average Bonchev–Trinajstić information content (AvgIpc) is 2.56. The molecule has 0 bridgehead atoms. The molecule has 0 saturated heterocycles. The Morgan fingerprint density at radius 2 is 1.58 bits per heavy atom. The summed E-state index contributed by atoms with van der Waals surface area (Å²) in [5.41, 5.74) is 3.90. The molecule has 0 aliphatic heterocycles. The Bertz CT molecular complexity index is 993. The van der Waals surface area contributed by atoms with Gasteiger partial charge in [-0.3, -0.25) is 0 Å². The van der Waals surface area contributed by atoms with Crippen molar-refractivity contribution in [3.8, 4) is 22.5 Å². The summed E-state index contributed by atoms with van der Waals surface area (Å²) in [6.45, 7) is 0. The largest absolute Gasteiger partial charge is 0.433 e. The SMILES string of the molecule is Nc1nnc(-c2cc(Cl)nc(C(F)(F)F)c2)c(-c2ccc(F)c(F)c2)n1. The topological polar surface area (TPSA) is 77.6 Å². The Hall–Kier alpha value is -2.88. The summed E-state index contributed by atoms with van der Waals surface area (Å²) in [6.07, 6.45) is -4.75. The molecule has 3 rings (SSSR count). The zero-order valence-electron chi connectivity index (χ0n) is 12.5. The third-order valence-corrected chi connectivity index (χ3v) is 3.45. The van der Waals surface area contributed by atoms with Crippen LogP contribution in [0.1, 0.15) is 5.69 Å². The fourth-order valence-corrected chi connectivity index (χ4v) is 2.37. The number of hydrogen-bond donors (Lipinski definition) is 1. The van der Waals surface area contributed by atoms with E-state index >= 15 is 0 Å². The van der Waals surface area contributed by atoms with E-state index in [1.165, 1.54) is 6.07 Å². The fraction of sp³-hybridized carbons (Fsp3) is 0.0667. The Morgan fingerprint density at radius 1 is 0.846 bits per heavy atom. The molecule has 0 atom stereocenters. The Balaban J connectivity index is 2.24. The number of pyridine rings is 1. The Labute approximate surface area is 147 Å². The van der Waals surface area contributed by atoms with Crippen LogP contribution in [0.2, 0.25) is 5.15 Å². The van der Waals surface area contributed by atoms with E-state index in [9.17, 15) is 22.0 Å². The molecule has 0 fully saturated rings. The second kappa shape index (κ2) is 6.45. The van der Waals surface area contributed by atoms with Crippen LogP contribution in [0.15, 0.2) is 30.3 Å². The number of benzene rings is 1. The zero-order valence-corrected chi connectivity index (χ0v) is 13.3. The van der Waals surface area contributed by atoms with Crippen molar-refractivity contribution in [1.82, 2.24) is 20.2 Å². The van der Waals surface area contributed by atoms with Gasteiger partial charge in [0.15, 0.2) is 11.6 Å². The summed E-state index contributed by atoms with van der Waals surface area (Å²) in [5, 5.41) is 6.80. The van der Waals surface area contributed by atoms with Crippen molar-refractivity contribution in [3.63, 3.8) is 0 Å². The highest BCUT2D eigenvalue weighted by Gasteiger charge is 2.33. The second-order valence-corrected chi connectivity index (χ2v) is 5.44. The summed E-state index contributed by atoms with van der Waals surface area (Å²) >= 11 is 5.67. The van der Waals surface area contributed by atoms with E-state index in [1.54, 1.807) is 0 Å². The molecule has 0 amide bonds. The van der Waals surface area contributed by atoms with Gasteiger partial charge in [0.25, 0.3) is 0 Å². The summed E-state index contributed by atoms with van der Waals surface area (Å²) in [4.78, 5) is 7.10. The lowest BCUT2D eigenvalue weighted by Gasteiger charge is -2.11. The summed E-state index contributed by atoms with van der Waals surface area (Å²) in [6, 6.07) is 4.64. The van der Waals surface area contributed by atoms with Gasteiger partial charge >= 0.3 is 6.18 Å². The van der Waals surface area contributed by atoms with Crippen LogP contribution in [-0.2, 0) is 6.18 Å². The van der Waals surface area contributed by atoms with E-state index in [2.05, 4.69) is 20.2 Å². The molecule has 0 aliphatic carbocycles. The van der Waals surface area contributed by atoms with Crippen LogP contribution in [0.4, 0.5) is 27.9 Å². The summed E-state index contributed by atoms with van der Waals surface area (Å²) in [5.74, 6) is -2.57. The molecular formula is C15H7ClF5N5. The number of nitrogens with two attached hydrogens (primary N) is 1. The van der Waals surface area contributed by atoms with Crippen molar-refractivity contribution in [1.29, 1.82) is 0 Å². The number of halogens is 6. The normalized spacial score (nSPS) is 11.6. The smallest absolute Gasteiger partial charge is 0.366 e. The molecule has 11 heteroatoms. The first-order chi connectivity index (χ1) is 12.1. The standard InChI is InChI=1S/C15H7ClF5N5/c16-11-5-7(4-10(23-11)15(19,20)21)13-12(24-14(22)26-25-13)6-1-2-8(17)9(18)3-6/h1-5H,(H2,22,24,26). The molecule has 134 valence electrons. The molecule has 2 heterocycles. The maximum absolute atomic E-state index is 13.5. The summed E-state index contributed by atoms with van der Waals surface area (Å²) in [7, 11) is 0. The van der Waals surface area contributed by atoms with Crippen LogP contribution in [-0.4, -0.2) is 20.2 Å². The van der Waals surface area contributed by atoms with Crippen LogP contribution < -0.4 is 5.73 Å². The molecule has 2 aromatic heterocycles. The second-order valence-electron chi connectivity index (χ2n) is 5.06. The van der Waals surface area contributed by atoms with Crippen molar-refractivity contribution < 1.29 is 22.0 Å². The predicted octanol–water partition coefficient (Wildman–Crippen LogP) is 4.13. The average molecular weight is 388 g/mol. The molecule has 0 spiro atoms. The number of rotatable bonds is 2. The van der Waals surface area contributed by atoms with Crippen LogP contribution in [0.25, 0.3) is 22.5 Å². The monoisotopic (exact) mass is 387 g/mol. The van der Waals surface area contributed by atoms with Crippen molar-refractivity contribution in [2.45, 2.75) is 6.18 Å². The van der Waals surface area contributed by atoms with Crippen LogP contribution >= 0.6 is 11.6 Å². The first kappa shape index (κ1) is 17.9. The van der Waals surface area contributed by atoms with Gasteiger partial charge in [0.1, 0.15) is 22.2 Å². The van der Waals surface area contributed by atoms with E-state index in [-0.39, 0.29) is 28.5 Å². The van der Waals surface area contributed by atoms with Gasteiger partial charge in [-0.05, 0) is 30.3 Å². The number of alkyl halides is 3. The van der Waals surface area contributed by atoms with Gasteiger partial charge in [0.2, 0.25) is 5.95 Å². The molecule has 5 nitrogen and oxygen atoms in total. The number of anilines is 1. The van der Waals surface area contributed by atoms with Gasteiger partial charge in [-0.25, -0.2) is 18.7 Å². The van der Waals surface area contributed by atoms with Gasteiger partial charge in [-0.1, -0.05) is 11.6 Å². The van der Waals surface area contributed by atoms with E-state index in [4.69, 9.17) is 17.3 Å². The number of nitrogen functional groups attached to an aromatic ring is 1. The third kappa shape index (κ3) is 3.54. The highest BCUT2D eigenvalue weighted by molar-refractivity contribution is 6.29.